The number of thiazole rings is 1. The first kappa shape index (κ1) is 21.0. The Labute approximate surface area is 174 Å². The lowest BCUT2D eigenvalue weighted by Gasteiger charge is -2.15. The third kappa shape index (κ3) is 5.40. The van der Waals surface area contributed by atoms with Gasteiger partial charge in [0.05, 0.1) is 27.1 Å². The van der Waals surface area contributed by atoms with E-state index in [0.29, 0.717) is 15.2 Å². The van der Waals surface area contributed by atoms with Crippen LogP contribution in [0.15, 0.2) is 35.7 Å². The quantitative estimate of drug-likeness (QED) is 0.357. The van der Waals surface area contributed by atoms with Gasteiger partial charge in [-0.3, -0.25) is 0 Å². The summed E-state index contributed by atoms with van der Waals surface area (Å²) in [6, 6.07) is 7.61. The maximum absolute atomic E-state index is 13.4. The molecule has 3 aromatic rings. The summed E-state index contributed by atoms with van der Waals surface area (Å²) in [4.78, 5) is 5.32. The zero-order chi connectivity index (χ0) is 20.1. The minimum atomic E-state index is -4.50. The number of ether oxygens (including phenoxy) is 1. The van der Waals surface area contributed by atoms with Crippen LogP contribution in [0.1, 0.15) is 31.7 Å². The summed E-state index contributed by atoms with van der Waals surface area (Å²) in [5.74, 6) is -0.151. The van der Waals surface area contributed by atoms with Crippen molar-refractivity contribution in [3.63, 3.8) is 0 Å². The van der Waals surface area contributed by atoms with Crippen LogP contribution in [0.2, 0.25) is 4.34 Å². The molecule has 0 atom stereocenters. The number of hydrogen-bond donors (Lipinski definition) is 1. The Bertz CT molecular complexity index is 924. The van der Waals surface area contributed by atoms with Crippen LogP contribution < -0.4 is 10.1 Å². The van der Waals surface area contributed by atoms with Gasteiger partial charge in [-0.1, -0.05) is 31.4 Å². The van der Waals surface area contributed by atoms with Crippen molar-refractivity contribution in [3.8, 4) is 16.3 Å². The molecule has 9 heteroatoms. The normalized spacial score (nSPS) is 11.6. The second-order valence-corrected chi connectivity index (χ2v) is 8.60. The number of unbranched alkanes of at least 4 members (excludes halogenated alkanes) is 2. The fourth-order valence-corrected chi connectivity index (χ4v) is 4.32. The molecule has 0 unspecified atom stereocenters. The van der Waals surface area contributed by atoms with Crippen LogP contribution in [0.4, 0.5) is 24.0 Å². The van der Waals surface area contributed by atoms with E-state index < -0.39 is 11.7 Å². The first-order valence-corrected chi connectivity index (χ1v) is 10.8. The molecule has 0 bridgehead atoms. The van der Waals surface area contributed by atoms with E-state index >= 15 is 0 Å². The summed E-state index contributed by atoms with van der Waals surface area (Å²) in [5, 5.41) is 5.28. The minimum absolute atomic E-state index is 0.151. The molecule has 150 valence electrons. The molecule has 1 aromatic carbocycles. The highest BCUT2D eigenvalue weighted by Gasteiger charge is 2.34. The highest BCUT2D eigenvalue weighted by molar-refractivity contribution is 7.20. The molecular formula is C19H18ClF3N2OS2. The smallest absolute Gasteiger partial charge is 0.420 e. The van der Waals surface area contributed by atoms with E-state index in [0.717, 1.165) is 35.9 Å². The molecule has 0 aliphatic rings. The molecule has 0 amide bonds. The molecule has 1 N–H and O–H groups in total. The van der Waals surface area contributed by atoms with Gasteiger partial charge >= 0.3 is 6.18 Å². The van der Waals surface area contributed by atoms with Crippen molar-refractivity contribution in [1.82, 2.24) is 4.98 Å². The average Bonchev–Trinajstić information content (AvgIpc) is 3.27. The van der Waals surface area contributed by atoms with Gasteiger partial charge in [-0.05, 0) is 36.8 Å². The number of nitrogens with zero attached hydrogens (tertiary/aromatic N) is 1. The Morgan fingerprint density at radius 2 is 2.00 bits per heavy atom. The number of anilines is 2. The Hall–Kier alpha value is -1.77. The SMILES string of the molecule is CCCCCOc1ccc(Nc2nc(-c3ccc(Cl)s3)cs2)cc1C(F)(F)F. The van der Waals surface area contributed by atoms with Crippen LogP contribution in [0.25, 0.3) is 10.6 Å². The zero-order valence-electron chi connectivity index (χ0n) is 15.0. The number of benzene rings is 1. The van der Waals surface area contributed by atoms with Crippen molar-refractivity contribution < 1.29 is 17.9 Å². The summed E-state index contributed by atoms with van der Waals surface area (Å²) in [6.45, 7) is 2.29. The molecule has 2 aromatic heterocycles. The number of rotatable bonds is 8. The molecule has 0 fully saturated rings. The lowest BCUT2D eigenvalue weighted by atomic mass is 10.1. The topological polar surface area (TPSA) is 34.1 Å². The van der Waals surface area contributed by atoms with E-state index in [1.807, 2.05) is 18.4 Å². The van der Waals surface area contributed by atoms with Gasteiger partial charge < -0.3 is 10.1 Å². The molecule has 3 rings (SSSR count). The number of halogens is 4. The summed E-state index contributed by atoms with van der Waals surface area (Å²) >= 11 is 8.65. The number of aromatic nitrogens is 1. The van der Waals surface area contributed by atoms with E-state index in [4.69, 9.17) is 16.3 Å². The summed E-state index contributed by atoms with van der Waals surface area (Å²) < 4.78 is 46.3. The lowest BCUT2D eigenvalue weighted by Crippen LogP contribution is -2.10. The second kappa shape index (κ2) is 9.15. The summed E-state index contributed by atoms with van der Waals surface area (Å²) in [5.41, 5.74) is 0.241. The van der Waals surface area contributed by atoms with Crippen LogP contribution in [0.5, 0.6) is 5.75 Å². The zero-order valence-corrected chi connectivity index (χ0v) is 17.4. The Morgan fingerprint density at radius 1 is 1.18 bits per heavy atom. The van der Waals surface area contributed by atoms with E-state index in [1.54, 1.807) is 12.1 Å². The first-order valence-electron chi connectivity index (χ1n) is 8.69. The fourth-order valence-electron chi connectivity index (χ4n) is 2.51. The number of thiophene rings is 1. The van der Waals surface area contributed by atoms with E-state index in [-0.39, 0.29) is 12.4 Å². The molecule has 0 aliphatic heterocycles. The van der Waals surface area contributed by atoms with E-state index in [2.05, 4.69) is 10.3 Å². The van der Waals surface area contributed by atoms with Gasteiger partial charge in [0, 0.05) is 11.1 Å². The second-order valence-electron chi connectivity index (χ2n) is 6.03. The molecular weight excluding hydrogens is 429 g/mol. The van der Waals surface area contributed by atoms with Crippen molar-refractivity contribution in [3.05, 3.63) is 45.6 Å². The van der Waals surface area contributed by atoms with Gasteiger partial charge in [-0.2, -0.15) is 13.2 Å². The van der Waals surface area contributed by atoms with Crippen LogP contribution >= 0.6 is 34.3 Å². The molecule has 0 spiro atoms. The highest BCUT2D eigenvalue weighted by Crippen LogP contribution is 2.39. The predicted molar refractivity (Wildman–Crippen MR) is 110 cm³/mol. The van der Waals surface area contributed by atoms with Crippen LogP contribution in [0.3, 0.4) is 0 Å². The van der Waals surface area contributed by atoms with Crippen molar-refractivity contribution in [2.75, 3.05) is 11.9 Å². The number of hydrogen-bond acceptors (Lipinski definition) is 5. The molecule has 3 nitrogen and oxygen atoms in total. The van der Waals surface area contributed by atoms with E-state index in [9.17, 15) is 13.2 Å². The Balaban J connectivity index is 1.76. The standard InChI is InChI=1S/C19H18ClF3N2OS2/c1-2-3-4-9-26-15-6-5-12(10-13(15)19(21,22)23)24-18-25-14(11-27-18)16-7-8-17(20)28-16/h5-8,10-11H,2-4,9H2,1H3,(H,24,25). The molecule has 0 saturated heterocycles. The predicted octanol–water partition coefficient (Wildman–Crippen LogP) is 7.86. The number of alkyl halides is 3. The molecule has 0 saturated carbocycles. The average molecular weight is 447 g/mol. The van der Waals surface area contributed by atoms with Gasteiger partial charge in [0.2, 0.25) is 0 Å². The van der Waals surface area contributed by atoms with Gasteiger partial charge in [0.1, 0.15) is 5.75 Å². The maximum Gasteiger partial charge on any atom is 0.420 e. The van der Waals surface area contributed by atoms with Crippen molar-refractivity contribution in [2.24, 2.45) is 0 Å². The van der Waals surface area contributed by atoms with Gasteiger partial charge in [-0.25, -0.2) is 4.98 Å². The summed E-state index contributed by atoms with van der Waals surface area (Å²) in [7, 11) is 0. The van der Waals surface area contributed by atoms with Crippen LogP contribution in [-0.4, -0.2) is 11.6 Å². The van der Waals surface area contributed by atoms with Crippen LogP contribution in [-0.2, 0) is 6.18 Å². The maximum atomic E-state index is 13.4. The van der Waals surface area contributed by atoms with Gasteiger partial charge in [0.25, 0.3) is 0 Å². The molecule has 0 radical (unpaired) electrons. The number of nitrogens with one attached hydrogen (secondary N) is 1. The Morgan fingerprint density at radius 3 is 2.68 bits per heavy atom. The Kier molecular flexibility index (Phi) is 6.85. The fraction of sp³-hybridized carbons (Fsp3) is 0.316. The lowest BCUT2D eigenvalue weighted by molar-refractivity contribution is -0.138. The van der Waals surface area contributed by atoms with Crippen molar-refractivity contribution >= 4 is 45.1 Å². The molecule has 0 aliphatic carbocycles. The van der Waals surface area contributed by atoms with Gasteiger partial charge in [-0.15, -0.1) is 22.7 Å². The molecule has 2 heterocycles. The van der Waals surface area contributed by atoms with Crippen LogP contribution in [0, 0.1) is 0 Å². The summed E-state index contributed by atoms with van der Waals surface area (Å²) in [6.07, 6.45) is -1.88. The molecule has 28 heavy (non-hydrogen) atoms. The largest absolute Gasteiger partial charge is 0.493 e. The third-order valence-electron chi connectivity index (χ3n) is 3.87. The highest BCUT2D eigenvalue weighted by atomic mass is 35.5. The minimum Gasteiger partial charge on any atom is -0.493 e. The van der Waals surface area contributed by atoms with Crippen molar-refractivity contribution in [2.45, 2.75) is 32.4 Å². The first-order chi connectivity index (χ1) is 13.4. The monoisotopic (exact) mass is 446 g/mol. The van der Waals surface area contributed by atoms with E-state index in [1.165, 1.54) is 28.7 Å². The third-order valence-corrected chi connectivity index (χ3v) is 5.88. The van der Waals surface area contributed by atoms with Crippen molar-refractivity contribution in [1.29, 1.82) is 0 Å². The van der Waals surface area contributed by atoms with Gasteiger partial charge in [0.15, 0.2) is 5.13 Å².